The average molecular weight is 462 g/mol. The molecule has 4 rings (SSSR count). The smallest absolute Gasteiger partial charge is 0.244 e. The summed E-state index contributed by atoms with van der Waals surface area (Å²) in [4.78, 5) is 0.393. The number of rotatable bonds is 7. The van der Waals surface area contributed by atoms with E-state index in [1.54, 1.807) is 11.4 Å². The van der Waals surface area contributed by atoms with Gasteiger partial charge >= 0.3 is 0 Å². The van der Waals surface area contributed by atoms with Crippen LogP contribution in [0.4, 0.5) is 0 Å². The first-order valence-electron chi connectivity index (χ1n) is 11.2. The van der Waals surface area contributed by atoms with Gasteiger partial charge in [0.05, 0.1) is 24.1 Å². The van der Waals surface area contributed by atoms with Crippen molar-refractivity contribution in [1.82, 2.24) is 4.31 Å². The van der Waals surface area contributed by atoms with Crippen molar-refractivity contribution in [2.75, 3.05) is 7.11 Å². The molecule has 0 saturated carbocycles. The van der Waals surface area contributed by atoms with Crippen molar-refractivity contribution in [1.29, 1.82) is 0 Å². The van der Waals surface area contributed by atoms with E-state index in [1.807, 2.05) is 88.4 Å². The molecular weight excluding hydrogens is 430 g/mol. The fourth-order valence-electron chi connectivity index (χ4n) is 4.86. The highest BCUT2D eigenvalue weighted by atomic mass is 32.2. The Kier molecular flexibility index (Phi) is 6.46. The molecule has 1 aliphatic rings. The van der Waals surface area contributed by atoms with E-state index in [4.69, 9.17) is 4.74 Å². The van der Waals surface area contributed by atoms with Crippen molar-refractivity contribution in [3.8, 4) is 5.75 Å². The minimum atomic E-state index is -3.72. The summed E-state index contributed by atoms with van der Waals surface area (Å²) in [5, 5.41) is 0. The number of sulfonamides is 1. The van der Waals surface area contributed by atoms with Crippen LogP contribution in [-0.2, 0) is 16.4 Å². The predicted molar refractivity (Wildman–Crippen MR) is 134 cm³/mol. The van der Waals surface area contributed by atoms with E-state index >= 15 is 0 Å². The summed E-state index contributed by atoms with van der Waals surface area (Å²) in [6.45, 7) is 7.62. The van der Waals surface area contributed by atoms with Crippen molar-refractivity contribution in [3.63, 3.8) is 0 Å². The third-order valence-corrected chi connectivity index (χ3v) is 8.83. The Morgan fingerprint density at radius 1 is 0.970 bits per heavy atom. The Morgan fingerprint density at radius 2 is 1.58 bits per heavy atom. The number of aryl methyl sites for hydroxylation is 1. The normalized spacial score (nSPS) is 20.5. The van der Waals surface area contributed by atoms with Gasteiger partial charge in [0.1, 0.15) is 5.75 Å². The summed E-state index contributed by atoms with van der Waals surface area (Å²) in [5.41, 5.74) is 5.54. The fourth-order valence-corrected chi connectivity index (χ4v) is 7.12. The topological polar surface area (TPSA) is 46.4 Å². The van der Waals surface area contributed by atoms with E-state index in [0.717, 1.165) is 27.8 Å². The van der Waals surface area contributed by atoms with Gasteiger partial charge in [-0.15, -0.1) is 0 Å². The molecule has 4 nitrogen and oxygen atoms in total. The number of hydrogen-bond donors (Lipinski definition) is 0. The molecule has 0 spiro atoms. The zero-order valence-corrected chi connectivity index (χ0v) is 20.7. The van der Waals surface area contributed by atoms with Gasteiger partial charge in [-0.1, -0.05) is 66.7 Å². The summed E-state index contributed by atoms with van der Waals surface area (Å²) in [5.74, 6) is 0.713. The highest BCUT2D eigenvalue weighted by Crippen LogP contribution is 2.47. The van der Waals surface area contributed by atoms with E-state index in [9.17, 15) is 8.42 Å². The van der Waals surface area contributed by atoms with E-state index in [1.165, 1.54) is 0 Å². The molecule has 1 fully saturated rings. The first-order valence-corrected chi connectivity index (χ1v) is 12.7. The maximum absolute atomic E-state index is 14.1. The van der Waals surface area contributed by atoms with Crippen molar-refractivity contribution in [2.45, 2.75) is 51.1 Å². The average Bonchev–Trinajstić information content (AvgIpc) is 3.52. The fraction of sp³-hybridized carbons (Fsp3) is 0.286. The molecule has 3 aromatic rings. The summed E-state index contributed by atoms with van der Waals surface area (Å²) in [6.07, 6.45) is 2.72. The van der Waals surface area contributed by atoms with Gasteiger partial charge in [0, 0.05) is 0 Å². The van der Waals surface area contributed by atoms with E-state index in [0.29, 0.717) is 22.6 Å². The molecule has 1 aliphatic heterocycles. The van der Waals surface area contributed by atoms with Crippen LogP contribution < -0.4 is 4.74 Å². The lowest BCUT2D eigenvalue weighted by molar-refractivity contribution is 0.410. The summed E-state index contributed by atoms with van der Waals surface area (Å²) in [7, 11) is -2.10. The Morgan fingerprint density at radius 3 is 2.15 bits per heavy atom. The minimum absolute atomic E-state index is 0.134. The van der Waals surface area contributed by atoms with Crippen LogP contribution >= 0.6 is 0 Å². The van der Waals surface area contributed by atoms with Gasteiger partial charge in [0.2, 0.25) is 10.0 Å². The minimum Gasteiger partial charge on any atom is -0.496 e. The zero-order chi connectivity index (χ0) is 23.8. The van der Waals surface area contributed by atoms with Gasteiger partial charge in [-0.3, -0.25) is 0 Å². The van der Waals surface area contributed by atoms with Crippen LogP contribution in [-0.4, -0.2) is 31.9 Å². The van der Waals surface area contributed by atoms with Crippen molar-refractivity contribution in [2.24, 2.45) is 0 Å². The second-order valence-electron chi connectivity index (χ2n) is 8.62. The van der Waals surface area contributed by atoms with Crippen LogP contribution in [0.25, 0.3) is 5.57 Å². The Bertz CT molecular complexity index is 1280. The highest BCUT2D eigenvalue weighted by molar-refractivity contribution is 7.89. The summed E-state index contributed by atoms with van der Waals surface area (Å²) in [6, 6.07) is 21.7. The molecule has 1 saturated heterocycles. The van der Waals surface area contributed by atoms with Crippen LogP contribution in [0.5, 0.6) is 5.75 Å². The Labute approximate surface area is 197 Å². The number of nitrogens with zero attached hydrogens (tertiary/aromatic N) is 1. The standard InChI is InChI=1S/C28H31NO3S/c1-6-24(23-15-11-8-12-16-23)27-25(18-22-13-9-7-10-14-22)29(27)33(30,31)28-19(2)17-26(32-5)20(3)21(28)4/h6-17,25,27H,18H2,1-5H3/b24-6+/t25-,27-,29?/m0/s1. The highest BCUT2D eigenvalue weighted by Gasteiger charge is 2.57. The zero-order valence-electron chi connectivity index (χ0n) is 19.9. The van der Waals surface area contributed by atoms with Gasteiger partial charge in [-0.25, -0.2) is 8.42 Å². The van der Waals surface area contributed by atoms with Crippen LogP contribution in [0.15, 0.2) is 77.7 Å². The van der Waals surface area contributed by atoms with E-state index in [2.05, 4.69) is 12.1 Å². The number of methoxy groups -OCH3 is 1. The van der Waals surface area contributed by atoms with Gasteiger partial charge in [-0.2, -0.15) is 4.31 Å². The molecule has 0 amide bonds. The molecule has 3 aromatic carbocycles. The lowest BCUT2D eigenvalue weighted by atomic mass is 9.98. The quantitative estimate of drug-likeness (QED) is 0.424. The molecule has 0 aliphatic carbocycles. The molecule has 1 heterocycles. The second-order valence-corrected chi connectivity index (χ2v) is 10.4. The lowest BCUT2D eigenvalue weighted by Gasteiger charge is -2.17. The van der Waals surface area contributed by atoms with Crippen LogP contribution in [0, 0.1) is 20.8 Å². The third kappa shape index (κ3) is 4.23. The monoisotopic (exact) mass is 461 g/mol. The molecule has 3 atom stereocenters. The van der Waals surface area contributed by atoms with Crippen LogP contribution in [0.1, 0.15) is 34.7 Å². The SMILES string of the molecule is C/C=C(\c1ccccc1)[C@H]1[C@H](Cc2ccccc2)N1S(=O)(=O)c1c(C)cc(OC)c(C)c1C. The Hall–Kier alpha value is -2.89. The van der Waals surface area contributed by atoms with E-state index in [-0.39, 0.29) is 12.1 Å². The first kappa shape index (κ1) is 23.3. The molecule has 172 valence electrons. The molecule has 1 unspecified atom stereocenters. The van der Waals surface area contributed by atoms with Crippen molar-refractivity contribution >= 4 is 15.6 Å². The summed E-state index contributed by atoms with van der Waals surface area (Å²) >= 11 is 0. The van der Waals surface area contributed by atoms with Gasteiger partial charge in [-0.05, 0) is 73.6 Å². The third-order valence-electron chi connectivity index (χ3n) is 6.63. The molecule has 5 heteroatoms. The Balaban J connectivity index is 1.80. The van der Waals surface area contributed by atoms with Gasteiger partial charge in [0.15, 0.2) is 0 Å². The molecule has 0 aromatic heterocycles. The van der Waals surface area contributed by atoms with Gasteiger partial charge in [0.25, 0.3) is 0 Å². The van der Waals surface area contributed by atoms with Crippen LogP contribution in [0.2, 0.25) is 0 Å². The number of benzene rings is 3. The molecule has 0 N–H and O–H groups in total. The van der Waals surface area contributed by atoms with Crippen molar-refractivity contribution in [3.05, 3.63) is 101 Å². The number of hydrogen-bond acceptors (Lipinski definition) is 3. The largest absolute Gasteiger partial charge is 0.496 e. The second kappa shape index (κ2) is 9.16. The predicted octanol–water partition coefficient (Wildman–Crippen LogP) is 5.71. The van der Waals surface area contributed by atoms with Gasteiger partial charge < -0.3 is 4.74 Å². The molecular formula is C28H31NO3S. The summed E-state index contributed by atoms with van der Waals surface area (Å²) < 4.78 is 35.4. The molecule has 0 bridgehead atoms. The number of ether oxygens (including phenoxy) is 1. The molecule has 0 radical (unpaired) electrons. The first-order chi connectivity index (χ1) is 15.8. The van der Waals surface area contributed by atoms with E-state index < -0.39 is 10.0 Å². The van der Waals surface area contributed by atoms with Crippen molar-refractivity contribution < 1.29 is 13.2 Å². The maximum Gasteiger partial charge on any atom is 0.244 e. The lowest BCUT2D eigenvalue weighted by Crippen LogP contribution is -2.20. The molecule has 33 heavy (non-hydrogen) atoms. The number of allylic oxidation sites excluding steroid dienone is 1. The maximum atomic E-state index is 14.1. The van der Waals surface area contributed by atoms with Crippen LogP contribution in [0.3, 0.4) is 0 Å².